The van der Waals surface area contributed by atoms with Crippen LogP contribution in [-0.4, -0.2) is 0 Å². The fourth-order valence-electron chi connectivity index (χ4n) is 1.72. The molecule has 17 heavy (non-hydrogen) atoms. The van der Waals surface area contributed by atoms with Crippen LogP contribution in [0, 0.1) is 24.4 Å². The lowest BCUT2D eigenvalue weighted by molar-refractivity contribution is 0.449. The number of hydrogen-bond acceptors (Lipinski definition) is 1. The Bertz CT molecular complexity index is 559. The second-order valence-corrected chi connectivity index (χ2v) is 3.86. The molecule has 0 aliphatic heterocycles. The van der Waals surface area contributed by atoms with E-state index in [4.69, 9.17) is 5.73 Å². The van der Waals surface area contributed by atoms with Crippen LogP contribution in [0.4, 0.5) is 18.9 Å². The maximum absolute atomic E-state index is 13.6. The summed E-state index contributed by atoms with van der Waals surface area (Å²) in [6, 6.07) is 6.98. The zero-order valence-corrected chi connectivity index (χ0v) is 9.10. The number of hydrogen-bond donors (Lipinski definition) is 1. The predicted molar refractivity (Wildman–Crippen MR) is 60.9 cm³/mol. The van der Waals surface area contributed by atoms with Gasteiger partial charge in [0, 0.05) is 11.3 Å². The van der Waals surface area contributed by atoms with E-state index in [0.717, 1.165) is 11.6 Å². The van der Waals surface area contributed by atoms with Gasteiger partial charge in [-0.15, -0.1) is 0 Å². The van der Waals surface area contributed by atoms with Crippen molar-refractivity contribution in [1.29, 1.82) is 0 Å². The summed E-state index contributed by atoms with van der Waals surface area (Å²) >= 11 is 0. The van der Waals surface area contributed by atoms with Crippen LogP contribution in [0.25, 0.3) is 11.1 Å². The molecular formula is C13H10F3N. The fourth-order valence-corrected chi connectivity index (χ4v) is 1.72. The third-order valence-corrected chi connectivity index (χ3v) is 2.45. The molecule has 0 fully saturated rings. The van der Waals surface area contributed by atoms with Crippen LogP contribution in [0.2, 0.25) is 0 Å². The molecule has 2 aromatic carbocycles. The maximum atomic E-state index is 13.6. The Morgan fingerprint density at radius 1 is 0.941 bits per heavy atom. The molecule has 0 radical (unpaired) electrons. The highest BCUT2D eigenvalue weighted by atomic mass is 19.2. The number of rotatable bonds is 1. The second kappa shape index (κ2) is 4.13. The van der Waals surface area contributed by atoms with Crippen molar-refractivity contribution in [3.8, 4) is 11.1 Å². The van der Waals surface area contributed by atoms with Gasteiger partial charge < -0.3 is 5.73 Å². The van der Waals surface area contributed by atoms with Crippen LogP contribution < -0.4 is 5.73 Å². The minimum atomic E-state index is -1.47. The Hall–Kier alpha value is -1.97. The lowest BCUT2D eigenvalue weighted by atomic mass is 10.0. The van der Waals surface area contributed by atoms with Gasteiger partial charge >= 0.3 is 0 Å². The average molecular weight is 237 g/mol. The first-order valence-electron chi connectivity index (χ1n) is 5.00. The number of nitrogens with two attached hydrogens (primary N) is 1. The molecule has 88 valence electrons. The lowest BCUT2D eigenvalue weighted by Crippen LogP contribution is -1.95. The molecule has 2 N–H and O–H groups in total. The lowest BCUT2D eigenvalue weighted by Gasteiger charge is -2.07. The zero-order valence-electron chi connectivity index (χ0n) is 9.10. The predicted octanol–water partition coefficient (Wildman–Crippen LogP) is 3.66. The van der Waals surface area contributed by atoms with Crippen molar-refractivity contribution >= 4 is 5.69 Å². The van der Waals surface area contributed by atoms with Crippen molar-refractivity contribution in [2.75, 3.05) is 5.73 Å². The zero-order chi connectivity index (χ0) is 12.6. The highest BCUT2D eigenvalue weighted by molar-refractivity contribution is 5.69. The Morgan fingerprint density at radius 3 is 2.29 bits per heavy atom. The van der Waals surface area contributed by atoms with Crippen LogP contribution in [-0.2, 0) is 0 Å². The van der Waals surface area contributed by atoms with Gasteiger partial charge in [-0.25, -0.2) is 13.2 Å². The van der Waals surface area contributed by atoms with Gasteiger partial charge in [-0.1, -0.05) is 6.07 Å². The van der Waals surface area contributed by atoms with E-state index in [1.807, 2.05) is 0 Å². The number of halogens is 3. The van der Waals surface area contributed by atoms with Crippen molar-refractivity contribution in [2.24, 2.45) is 0 Å². The van der Waals surface area contributed by atoms with E-state index in [-0.39, 0.29) is 5.56 Å². The molecule has 0 unspecified atom stereocenters. The topological polar surface area (TPSA) is 26.0 Å². The van der Waals surface area contributed by atoms with E-state index in [1.54, 1.807) is 19.1 Å². The third-order valence-electron chi connectivity index (χ3n) is 2.45. The van der Waals surface area contributed by atoms with Gasteiger partial charge in [0.1, 0.15) is 0 Å². The average Bonchev–Trinajstić information content (AvgIpc) is 2.24. The highest BCUT2D eigenvalue weighted by Gasteiger charge is 2.14. The molecule has 0 saturated carbocycles. The molecule has 0 spiro atoms. The summed E-state index contributed by atoms with van der Waals surface area (Å²) < 4.78 is 39.4. The van der Waals surface area contributed by atoms with E-state index in [2.05, 4.69) is 0 Å². The monoisotopic (exact) mass is 237 g/mol. The Balaban J connectivity index is 2.64. The fraction of sp³-hybridized carbons (Fsp3) is 0.0769. The van der Waals surface area contributed by atoms with Crippen LogP contribution in [0.1, 0.15) is 5.56 Å². The third kappa shape index (κ3) is 2.11. The number of benzene rings is 2. The number of anilines is 1. The van der Waals surface area contributed by atoms with Crippen molar-refractivity contribution in [2.45, 2.75) is 6.92 Å². The first kappa shape index (κ1) is 11.5. The molecule has 1 nitrogen and oxygen atoms in total. The quantitative estimate of drug-likeness (QED) is 0.594. The summed E-state index contributed by atoms with van der Waals surface area (Å²) in [6.45, 7) is 1.79. The Morgan fingerprint density at radius 2 is 1.65 bits per heavy atom. The van der Waals surface area contributed by atoms with E-state index in [0.29, 0.717) is 11.3 Å². The van der Waals surface area contributed by atoms with Gasteiger partial charge in [-0.05, 0) is 42.3 Å². The summed E-state index contributed by atoms with van der Waals surface area (Å²) in [4.78, 5) is 0. The number of aryl methyl sites for hydroxylation is 1. The summed E-state index contributed by atoms with van der Waals surface area (Å²) in [7, 11) is 0. The number of nitrogen functional groups attached to an aromatic ring is 1. The molecule has 0 atom stereocenters. The standard InChI is InChI=1S/C13H10F3N/c1-7-4-8(6-9(17)5-7)10-2-3-11(14)13(16)12(10)15/h2-6H,17H2,1H3. The molecule has 0 aliphatic carbocycles. The van der Waals surface area contributed by atoms with E-state index in [9.17, 15) is 13.2 Å². The van der Waals surface area contributed by atoms with Crippen LogP contribution in [0.5, 0.6) is 0 Å². The minimum Gasteiger partial charge on any atom is -0.399 e. The first-order chi connectivity index (χ1) is 7.99. The minimum absolute atomic E-state index is 0.000648. The van der Waals surface area contributed by atoms with Crippen molar-refractivity contribution in [3.05, 3.63) is 53.3 Å². The van der Waals surface area contributed by atoms with Gasteiger partial charge in [0.15, 0.2) is 17.5 Å². The first-order valence-corrected chi connectivity index (χ1v) is 5.00. The van der Waals surface area contributed by atoms with E-state index in [1.165, 1.54) is 12.1 Å². The van der Waals surface area contributed by atoms with Gasteiger partial charge in [0.05, 0.1) is 0 Å². The van der Waals surface area contributed by atoms with Gasteiger partial charge in [-0.3, -0.25) is 0 Å². The van der Waals surface area contributed by atoms with Crippen LogP contribution in [0.15, 0.2) is 30.3 Å². The molecule has 0 saturated heterocycles. The normalized spacial score (nSPS) is 10.6. The van der Waals surface area contributed by atoms with Crippen molar-refractivity contribution < 1.29 is 13.2 Å². The van der Waals surface area contributed by atoms with Crippen LogP contribution >= 0.6 is 0 Å². The smallest absolute Gasteiger partial charge is 0.195 e. The SMILES string of the molecule is Cc1cc(N)cc(-c2ccc(F)c(F)c2F)c1. The molecule has 0 aromatic heterocycles. The largest absolute Gasteiger partial charge is 0.399 e. The molecule has 4 heteroatoms. The molecule has 2 rings (SSSR count). The summed E-state index contributed by atoms with van der Waals surface area (Å²) in [5, 5.41) is 0. The molecule has 0 amide bonds. The van der Waals surface area contributed by atoms with Gasteiger partial charge in [-0.2, -0.15) is 0 Å². The molecule has 2 aromatic rings. The Labute approximate surface area is 96.7 Å². The molecule has 0 heterocycles. The summed E-state index contributed by atoms with van der Waals surface area (Å²) in [6.07, 6.45) is 0. The van der Waals surface area contributed by atoms with Crippen LogP contribution in [0.3, 0.4) is 0 Å². The second-order valence-electron chi connectivity index (χ2n) is 3.86. The maximum Gasteiger partial charge on any atom is 0.195 e. The van der Waals surface area contributed by atoms with Crippen molar-refractivity contribution in [1.82, 2.24) is 0 Å². The summed E-state index contributed by atoms with van der Waals surface area (Å²) in [5.74, 6) is -3.87. The molecule has 0 bridgehead atoms. The van der Waals surface area contributed by atoms with E-state index < -0.39 is 17.5 Å². The molecule has 0 aliphatic rings. The Kier molecular flexibility index (Phi) is 2.79. The van der Waals surface area contributed by atoms with E-state index >= 15 is 0 Å². The van der Waals surface area contributed by atoms with Gasteiger partial charge in [0.2, 0.25) is 0 Å². The van der Waals surface area contributed by atoms with Gasteiger partial charge in [0.25, 0.3) is 0 Å². The summed E-state index contributed by atoms with van der Waals surface area (Å²) in [5.41, 5.74) is 7.32. The highest BCUT2D eigenvalue weighted by Crippen LogP contribution is 2.28. The van der Waals surface area contributed by atoms with Crippen molar-refractivity contribution in [3.63, 3.8) is 0 Å². The molecular weight excluding hydrogens is 227 g/mol.